The Morgan fingerprint density at radius 3 is 2.62 bits per heavy atom. The molecule has 0 amide bonds. The van der Waals surface area contributed by atoms with Gasteiger partial charge < -0.3 is 0 Å². The summed E-state index contributed by atoms with van der Waals surface area (Å²) in [5.41, 5.74) is 1.53. The van der Waals surface area contributed by atoms with Crippen LogP contribution in [0, 0.1) is 6.92 Å². The molecule has 0 radical (unpaired) electrons. The van der Waals surface area contributed by atoms with Crippen molar-refractivity contribution in [2.75, 3.05) is 0 Å². The molecule has 1 nitrogen and oxygen atoms in total. The third-order valence-electron chi connectivity index (χ3n) is 1.71. The second-order valence-electron chi connectivity index (χ2n) is 2.56. The molecule has 72 valence electrons. The van der Waals surface area contributed by atoms with Crippen molar-refractivity contribution in [1.82, 2.24) is 4.98 Å². The molecule has 1 heterocycles. The molecule has 0 saturated heterocycles. The highest BCUT2D eigenvalue weighted by Gasteiger charge is 2.13. The molecule has 0 saturated carbocycles. The van der Waals surface area contributed by atoms with Gasteiger partial charge in [0.1, 0.15) is 10.3 Å². The third-order valence-corrected chi connectivity index (χ3v) is 3.08. The zero-order valence-corrected chi connectivity index (χ0v) is 9.99. The second kappa shape index (κ2) is 4.46. The van der Waals surface area contributed by atoms with Gasteiger partial charge in [0.05, 0.1) is 0 Å². The minimum atomic E-state index is -2.52. The number of pyridine rings is 1. The fourth-order valence-electron chi connectivity index (χ4n) is 0.899. The number of aromatic nitrogens is 1. The van der Waals surface area contributed by atoms with Crippen LogP contribution < -0.4 is 0 Å². The SMILES string of the molecule is Cc1c(CBr)cc(C(F)F)nc1Br. The van der Waals surface area contributed by atoms with Crippen LogP contribution in [-0.4, -0.2) is 4.98 Å². The summed E-state index contributed by atoms with van der Waals surface area (Å²) in [7, 11) is 0. The number of nitrogens with zero attached hydrogens (tertiary/aromatic N) is 1. The quantitative estimate of drug-likeness (QED) is 0.594. The lowest BCUT2D eigenvalue weighted by molar-refractivity contribution is 0.146. The van der Waals surface area contributed by atoms with Crippen molar-refractivity contribution in [3.05, 3.63) is 27.5 Å². The fourth-order valence-corrected chi connectivity index (χ4v) is 1.94. The standard InChI is InChI=1S/C8H7Br2F2N/c1-4-5(3-9)2-6(8(11)12)13-7(4)10/h2,8H,3H2,1H3. The molecule has 0 fully saturated rings. The van der Waals surface area contributed by atoms with Gasteiger partial charge in [0.25, 0.3) is 6.43 Å². The maximum atomic E-state index is 12.3. The molecule has 1 rings (SSSR count). The first-order chi connectivity index (χ1) is 6.06. The van der Waals surface area contributed by atoms with Gasteiger partial charge in [0.15, 0.2) is 0 Å². The molecule has 0 N–H and O–H groups in total. The van der Waals surface area contributed by atoms with Gasteiger partial charge in [-0.1, -0.05) is 15.9 Å². The molecule has 0 aliphatic carbocycles. The predicted molar refractivity (Wildman–Crippen MR) is 54.3 cm³/mol. The lowest BCUT2D eigenvalue weighted by Crippen LogP contribution is -1.97. The van der Waals surface area contributed by atoms with Crippen molar-refractivity contribution < 1.29 is 8.78 Å². The summed E-state index contributed by atoms with van der Waals surface area (Å²) in [6.45, 7) is 1.84. The van der Waals surface area contributed by atoms with E-state index >= 15 is 0 Å². The van der Waals surface area contributed by atoms with Gasteiger partial charge in [0, 0.05) is 5.33 Å². The van der Waals surface area contributed by atoms with E-state index in [1.54, 1.807) is 0 Å². The van der Waals surface area contributed by atoms with E-state index in [4.69, 9.17) is 0 Å². The van der Waals surface area contributed by atoms with Crippen LogP contribution in [0.25, 0.3) is 0 Å². The van der Waals surface area contributed by atoms with E-state index in [0.29, 0.717) is 9.93 Å². The second-order valence-corrected chi connectivity index (χ2v) is 3.87. The van der Waals surface area contributed by atoms with Crippen molar-refractivity contribution >= 4 is 31.9 Å². The summed E-state index contributed by atoms with van der Waals surface area (Å²) in [6.07, 6.45) is -2.52. The summed E-state index contributed by atoms with van der Waals surface area (Å²) in [5.74, 6) is 0. The molecule has 0 atom stereocenters. The molecule has 1 aromatic heterocycles. The monoisotopic (exact) mass is 313 g/mol. The highest BCUT2D eigenvalue weighted by molar-refractivity contribution is 9.10. The van der Waals surface area contributed by atoms with Gasteiger partial charge in [-0.15, -0.1) is 0 Å². The van der Waals surface area contributed by atoms with Crippen molar-refractivity contribution in [3.8, 4) is 0 Å². The smallest absolute Gasteiger partial charge is 0.240 e. The van der Waals surface area contributed by atoms with Crippen molar-refractivity contribution in [2.45, 2.75) is 18.7 Å². The van der Waals surface area contributed by atoms with Gasteiger partial charge in [-0.3, -0.25) is 0 Å². The van der Waals surface area contributed by atoms with Crippen molar-refractivity contribution in [3.63, 3.8) is 0 Å². The lowest BCUT2D eigenvalue weighted by Gasteiger charge is -2.07. The van der Waals surface area contributed by atoms with Gasteiger partial charge >= 0.3 is 0 Å². The molecule has 0 spiro atoms. The van der Waals surface area contributed by atoms with Crippen LogP contribution in [-0.2, 0) is 5.33 Å². The molecule has 0 aliphatic rings. The average molecular weight is 315 g/mol. The van der Waals surface area contributed by atoms with Crippen LogP contribution in [0.4, 0.5) is 8.78 Å². The summed E-state index contributed by atoms with van der Waals surface area (Å²) in [4.78, 5) is 3.73. The number of rotatable bonds is 2. The Morgan fingerprint density at radius 1 is 1.54 bits per heavy atom. The summed E-state index contributed by atoms with van der Waals surface area (Å²) >= 11 is 6.37. The molecular weight excluding hydrogens is 308 g/mol. The Labute approximate surface area is 91.8 Å². The van der Waals surface area contributed by atoms with E-state index in [1.807, 2.05) is 6.92 Å². The molecule has 0 unspecified atom stereocenters. The lowest BCUT2D eigenvalue weighted by atomic mass is 10.1. The van der Waals surface area contributed by atoms with E-state index < -0.39 is 6.43 Å². The zero-order chi connectivity index (χ0) is 10.0. The maximum Gasteiger partial charge on any atom is 0.280 e. The Bertz CT molecular complexity index is 315. The Morgan fingerprint density at radius 2 is 2.15 bits per heavy atom. The largest absolute Gasteiger partial charge is 0.280 e. The van der Waals surface area contributed by atoms with Gasteiger partial charge in [-0.05, 0) is 40.0 Å². The van der Waals surface area contributed by atoms with Crippen molar-refractivity contribution in [1.29, 1.82) is 0 Å². The molecule has 0 aromatic carbocycles. The van der Waals surface area contributed by atoms with Crippen LogP contribution in [0.5, 0.6) is 0 Å². The van der Waals surface area contributed by atoms with Crippen LogP contribution in [0.15, 0.2) is 10.7 Å². The average Bonchev–Trinajstić information content (AvgIpc) is 2.09. The number of alkyl halides is 3. The number of hydrogen-bond acceptors (Lipinski definition) is 1. The normalized spacial score (nSPS) is 10.9. The summed E-state index contributed by atoms with van der Waals surface area (Å²) in [5, 5.41) is 0.555. The summed E-state index contributed by atoms with van der Waals surface area (Å²) < 4.78 is 25.1. The molecule has 0 aliphatic heterocycles. The highest BCUT2D eigenvalue weighted by Crippen LogP contribution is 2.25. The molecule has 5 heteroatoms. The zero-order valence-electron chi connectivity index (χ0n) is 6.82. The van der Waals surface area contributed by atoms with Gasteiger partial charge in [-0.25, -0.2) is 13.8 Å². The minimum Gasteiger partial charge on any atom is -0.240 e. The van der Waals surface area contributed by atoms with Gasteiger partial charge in [0.2, 0.25) is 0 Å². The van der Waals surface area contributed by atoms with E-state index in [9.17, 15) is 8.78 Å². The molecule has 0 bridgehead atoms. The van der Waals surface area contributed by atoms with E-state index in [0.717, 1.165) is 11.1 Å². The Hall–Kier alpha value is -0.0300. The minimum absolute atomic E-state index is 0.188. The van der Waals surface area contributed by atoms with Crippen molar-refractivity contribution in [2.24, 2.45) is 0 Å². The first kappa shape index (κ1) is 11.0. The number of hydrogen-bond donors (Lipinski definition) is 0. The van der Waals surface area contributed by atoms with Crippen LogP contribution >= 0.6 is 31.9 Å². The highest BCUT2D eigenvalue weighted by atomic mass is 79.9. The van der Waals surface area contributed by atoms with Crippen LogP contribution in [0.2, 0.25) is 0 Å². The fraction of sp³-hybridized carbons (Fsp3) is 0.375. The molecule has 1 aromatic rings. The Kier molecular flexibility index (Phi) is 3.79. The molecule has 13 heavy (non-hydrogen) atoms. The number of halogens is 4. The van der Waals surface area contributed by atoms with Crippen LogP contribution in [0.1, 0.15) is 23.2 Å². The van der Waals surface area contributed by atoms with E-state index in [2.05, 4.69) is 36.8 Å². The van der Waals surface area contributed by atoms with E-state index in [1.165, 1.54) is 6.07 Å². The van der Waals surface area contributed by atoms with E-state index in [-0.39, 0.29) is 5.69 Å². The predicted octanol–water partition coefficient (Wildman–Crippen LogP) is 3.99. The molecular formula is C8H7Br2F2N. The first-order valence-corrected chi connectivity index (χ1v) is 5.47. The van der Waals surface area contributed by atoms with Gasteiger partial charge in [-0.2, -0.15) is 0 Å². The summed E-state index contributed by atoms with van der Waals surface area (Å²) in [6, 6.07) is 1.42. The maximum absolute atomic E-state index is 12.3. The van der Waals surface area contributed by atoms with Crippen LogP contribution in [0.3, 0.4) is 0 Å². The third kappa shape index (κ3) is 2.47. The topological polar surface area (TPSA) is 12.9 Å². The first-order valence-electron chi connectivity index (χ1n) is 3.56. The Balaban J connectivity index is 3.22.